The highest BCUT2D eigenvalue weighted by molar-refractivity contribution is 7.92. The van der Waals surface area contributed by atoms with Crippen LogP contribution in [-0.4, -0.2) is 11.4 Å². The molecule has 3 heteroatoms. The van der Waals surface area contributed by atoms with Gasteiger partial charge in [-0.05, 0) is 16.2 Å². The molecule has 0 spiro atoms. The van der Waals surface area contributed by atoms with Crippen LogP contribution in [0.1, 0.15) is 0 Å². The Morgan fingerprint density at radius 1 is 1.36 bits per heavy atom. The molecular weight excluding hydrogens is 156 g/mol. The highest BCUT2D eigenvalue weighted by Gasteiger charge is 2.03. The van der Waals surface area contributed by atoms with Crippen LogP contribution in [0.2, 0.25) is 0 Å². The Bertz CT molecular complexity index is 334. The SMILES string of the molecule is CS[n+]1cc2ccccc2[nH]1. The maximum Gasteiger partial charge on any atom is 0.218 e. The predicted molar refractivity (Wildman–Crippen MR) is 47.4 cm³/mol. The first-order valence-corrected chi connectivity index (χ1v) is 4.62. The fourth-order valence-electron chi connectivity index (χ4n) is 1.09. The highest BCUT2D eigenvalue weighted by atomic mass is 32.2. The lowest BCUT2D eigenvalue weighted by Gasteiger charge is -1.78. The number of para-hydroxylation sites is 1. The number of aromatic nitrogens is 2. The predicted octanol–water partition coefficient (Wildman–Crippen LogP) is 1.58. The molecule has 0 amide bonds. The second kappa shape index (κ2) is 2.58. The van der Waals surface area contributed by atoms with Gasteiger partial charge in [-0.15, -0.1) is 0 Å². The summed E-state index contributed by atoms with van der Waals surface area (Å²) in [5, 5.41) is 4.48. The molecule has 0 saturated heterocycles. The van der Waals surface area contributed by atoms with Crippen molar-refractivity contribution in [2.45, 2.75) is 0 Å². The summed E-state index contributed by atoms with van der Waals surface area (Å²) in [5.74, 6) is 0. The van der Waals surface area contributed by atoms with Crippen LogP contribution in [0.25, 0.3) is 10.9 Å². The summed E-state index contributed by atoms with van der Waals surface area (Å²) in [7, 11) is 0. The molecular formula is C8H9N2S+. The molecule has 0 aliphatic rings. The summed E-state index contributed by atoms with van der Waals surface area (Å²) < 4.78 is 1.99. The first-order chi connectivity index (χ1) is 5.40. The average molecular weight is 165 g/mol. The minimum Gasteiger partial charge on any atom is -0.152 e. The largest absolute Gasteiger partial charge is 0.218 e. The van der Waals surface area contributed by atoms with E-state index in [-0.39, 0.29) is 0 Å². The van der Waals surface area contributed by atoms with E-state index in [0.717, 1.165) is 0 Å². The number of hydrogen-bond donors (Lipinski definition) is 1. The van der Waals surface area contributed by atoms with Gasteiger partial charge in [0.25, 0.3) is 0 Å². The highest BCUT2D eigenvalue weighted by Crippen LogP contribution is 2.07. The fourth-order valence-corrected chi connectivity index (χ4v) is 1.50. The van der Waals surface area contributed by atoms with E-state index in [1.54, 1.807) is 11.9 Å². The average Bonchev–Trinajstić information content (AvgIpc) is 2.46. The van der Waals surface area contributed by atoms with Crippen molar-refractivity contribution in [1.29, 1.82) is 0 Å². The van der Waals surface area contributed by atoms with Crippen molar-refractivity contribution >= 4 is 22.9 Å². The minimum absolute atomic E-state index is 1.18. The Labute approximate surface area is 69.3 Å². The quantitative estimate of drug-likeness (QED) is 0.636. The number of benzene rings is 1. The molecule has 0 unspecified atom stereocenters. The molecule has 0 radical (unpaired) electrons. The summed E-state index contributed by atoms with van der Waals surface area (Å²) >= 11 is 1.66. The summed E-state index contributed by atoms with van der Waals surface area (Å²) in [6.07, 6.45) is 4.12. The normalized spacial score (nSPS) is 10.6. The number of H-pyrrole nitrogens is 1. The third-order valence-electron chi connectivity index (χ3n) is 1.64. The van der Waals surface area contributed by atoms with E-state index in [1.807, 2.05) is 22.5 Å². The first-order valence-electron chi connectivity index (χ1n) is 3.44. The Hall–Kier alpha value is -0.960. The molecule has 11 heavy (non-hydrogen) atoms. The van der Waals surface area contributed by atoms with E-state index in [4.69, 9.17) is 0 Å². The number of aromatic amines is 1. The van der Waals surface area contributed by atoms with Gasteiger partial charge < -0.3 is 0 Å². The van der Waals surface area contributed by atoms with Gasteiger partial charge in [0.05, 0.1) is 11.6 Å². The third kappa shape index (κ3) is 1.12. The molecule has 1 N–H and O–H groups in total. The molecule has 0 bridgehead atoms. The van der Waals surface area contributed by atoms with Crippen molar-refractivity contribution in [2.75, 3.05) is 6.26 Å². The molecule has 0 atom stereocenters. The lowest BCUT2D eigenvalue weighted by molar-refractivity contribution is -0.556. The standard InChI is InChI=1S/C8H8N2S/c1-11-10-6-7-4-2-3-5-8(7)9-10/h2-6H,1H3/p+1. The molecule has 56 valence electrons. The lowest BCUT2D eigenvalue weighted by Crippen LogP contribution is -2.24. The summed E-state index contributed by atoms with van der Waals surface area (Å²) in [6, 6.07) is 8.24. The summed E-state index contributed by atoms with van der Waals surface area (Å²) in [6.45, 7) is 0. The van der Waals surface area contributed by atoms with E-state index >= 15 is 0 Å². The number of hydrogen-bond acceptors (Lipinski definition) is 1. The topological polar surface area (TPSA) is 19.7 Å². The zero-order valence-electron chi connectivity index (χ0n) is 6.24. The molecule has 1 aromatic heterocycles. The molecule has 0 fully saturated rings. The Kier molecular flexibility index (Phi) is 1.58. The zero-order valence-corrected chi connectivity index (χ0v) is 7.06. The van der Waals surface area contributed by atoms with Crippen molar-refractivity contribution in [3.63, 3.8) is 0 Å². The van der Waals surface area contributed by atoms with E-state index < -0.39 is 0 Å². The van der Waals surface area contributed by atoms with E-state index in [9.17, 15) is 0 Å². The first kappa shape index (κ1) is 6.73. The van der Waals surface area contributed by atoms with Crippen LogP contribution in [-0.2, 0) is 0 Å². The van der Waals surface area contributed by atoms with Crippen molar-refractivity contribution in [1.82, 2.24) is 5.10 Å². The molecule has 0 aliphatic heterocycles. The van der Waals surface area contributed by atoms with Crippen LogP contribution in [0, 0.1) is 0 Å². The number of nitrogens with one attached hydrogen (secondary N) is 1. The smallest absolute Gasteiger partial charge is 0.152 e. The van der Waals surface area contributed by atoms with E-state index in [1.165, 1.54) is 10.9 Å². The Balaban J connectivity index is 2.69. The van der Waals surface area contributed by atoms with Crippen molar-refractivity contribution < 1.29 is 4.09 Å². The maximum absolute atomic E-state index is 3.22. The number of nitrogens with zero attached hydrogens (tertiary/aromatic N) is 1. The van der Waals surface area contributed by atoms with Crippen LogP contribution >= 0.6 is 11.9 Å². The van der Waals surface area contributed by atoms with Gasteiger partial charge in [0.2, 0.25) is 6.20 Å². The molecule has 0 saturated carbocycles. The maximum atomic E-state index is 3.22. The van der Waals surface area contributed by atoms with Crippen LogP contribution in [0.5, 0.6) is 0 Å². The van der Waals surface area contributed by atoms with Gasteiger partial charge in [-0.25, -0.2) is 0 Å². The van der Waals surface area contributed by atoms with Crippen molar-refractivity contribution in [3.05, 3.63) is 30.5 Å². The van der Waals surface area contributed by atoms with Gasteiger partial charge in [0.15, 0.2) is 11.9 Å². The zero-order chi connectivity index (χ0) is 7.68. The molecule has 1 aromatic carbocycles. The third-order valence-corrected chi connectivity index (χ3v) is 2.23. The van der Waals surface area contributed by atoms with Gasteiger partial charge in [-0.3, -0.25) is 0 Å². The molecule has 2 rings (SSSR count). The van der Waals surface area contributed by atoms with Gasteiger partial charge in [0.1, 0.15) is 5.52 Å². The second-order valence-corrected chi connectivity index (χ2v) is 3.10. The molecule has 2 aromatic rings. The van der Waals surface area contributed by atoms with Crippen molar-refractivity contribution in [2.24, 2.45) is 0 Å². The van der Waals surface area contributed by atoms with E-state index in [0.29, 0.717) is 0 Å². The molecule has 0 aliphatic carbocycles. The summed E-state index contributed by atoms with van der Waals surface area (Å²) in [4.78, 5) is 0. The van der Waals surface area contributed by atoms with Crippen LogP contribution < -0.4 is 4.09 Å². The molecule has 1 heterocycles. The second-order valence-electron chi connectivity index (χ2n) is 2.34. The minimum atomic E-state index is 1.18. The van der Waals surface area contributed by atoms with Crippen LogP contribution in [0.4, 0.5) is 0 Å². The molecule has 2 nitrogen and oxygen atoms in total. The van der Waals surface area contributed by atoms with Crippen LogP contribution in [0.15, 0.2) is 30.5 Å². The van der Waals surface area contributed by atoms with Gasteiger partial charge in [0, 0.05) is 0 Å². The van der Waals surface area contributed by atoms with E-state index in [2.05, 4.69) is 23.4 Å². The number of fused-ring (bicyclic) bond motifs is 1. The lowest BCUT2D eigenvalue weighted by atomic mass is 10.3. The number of rotatable bonds is 1. The fraction of sp³-hybridized carbons (Fsp3) is 0.125. The van der Waals surface area contributed by atoms with Crippen molar-refractivity contribution in [3.8, 4) is 0 Å². The Morgan fingerprint density at radius 2 is 2.18 bits per heavy atom. The van der Waals surface area contributed by atoms with Gasteiger partial charge in [-0.2, -0.15) is 5.10 Å². The Morgan fingerprint density at radius 3 is 2.91 bits per heavy atom. The van der Waals surface area contributed by atoms with Gasteiger partial charge >= 0.3 is 0 Å². The van der Waals surface area contributed by atoms with Crippen LogP contribution in [0.3, 0.4) is 0 Å². The monoisotopic (exact) mass is 165 g/mol. The summed E-state index contributed by atoms with van der Waals surface area (Å²) in [5.41, 5.74) is 1.18. The van der Waals surface area contributed by atoms with Gasteiger partial charge in [-0.1, -0.05) is 12.1 Å².